The van der Waals surface area contributed by atoms with E-state index < -0.39 is 24.0 Å². The van der Waals surface area contributed by atoms with Gasteiger partial charge in [-0.15, -0.1) is 0 Å². The Kier molecular flexibility index (Phi) is 5.07. The summed E-state index contributed by atoms with van der Waals surface area (Å²) in [5, 5.41) is 0. The Morgan fingerprint density at radius 2 is 1.67 bits per heavy atom. The number of nitrogens with zero attached hydrogens (tertiary/aromatic N) is 1. The predicted molar refractivity (Wildman–Crippen MR) is 77.3 cm³/mol. The van der Waals surface area contributed by atoms with Crippen molar-refractivity contribution >= 4 is 5.91 Å². The zero-order valence-electron chi connectivity index (χ0n) is 13.1. The number of rotatable bonds is 3. The first-order valence-electron chi connectivity index (χ1n) is 6.82. The molecule has 118 valence electrons. The van der Waals surface area contributed by atoms with E-state index in [1.807, 2.05) is 27.7 Å². The summed E-state index contributed by atoms with van der Waals surface area (Å²) in [7, 11) is 0. The van der Waals surface area contributed by atoms with Crippen LogP contribution in [0.2, 0.25) is 0 Å². The van der Waals surface area contributed by atoms with Crippen LogP contribution in [0.1, 0.15) is 42.3 Å². The molecule has 0 saturated heterocycles. The Morgan fingerprint density at radius 3 is 2.10 bits per heavy atom. The van der Waals surface area contributed by atoms with Crippen molar-refractivity contribution in [2.75, 3.05) is 13.1 Å². The molecule has 1 aromatic rings. The van der Waals surface area contributed by atoms with Crippen LogP contribution in [-0.2, 0) is 0 Å². The number of halogens is 3. The smallest absolute Gasteiger partial charge is 0.329 e. The summed E-state index contributed by atoms with van der Waals surface area (Å²) in [5.41, 5.74) is 1.59. The van der Waals surface area contributed by atoms with E-state index >= 15 is 0 Å². The van der Waals surface area contributed by atoms with E-state index in [0.29, 0.717) is 11.1 Å². The highest BCUT2D eigenvalue weighted by atomic mass is 19.4. The van der Waals surface area contributed by atoms with Crippen LogP contribution in [0.5, 0.6) is 0 Å². The van der Waals surface area contributed by atoms with Crippen molar-refractivity contribution in [1.29, 1.82) is 0 Å². The summed E-state index contributed by atoms with van der Waals surface area (Å²) in [6, 6.07) is 5.14. The van der Waals surface area contributed by atoms with Crippen molar-refractivity contribution in [2.45, 2.75) is 40.8 Å². The van der Waals surface area contributed by atoms with Crippen LogP contribution < -0.4 is 0 Å². The minimum atomic E-state index is -4.40. The number of carbonyl (C=O) groups is 1. The van der Waals surface area contributed by atoms with E-state index in [-0.39, 0.29) is 6.54 Å². The van der Waals surface area contributed by atoms with Crippen LogP contribution in [-0.4, -0.2) is 30.1 Å². The fourth-order valence-corrected chi connectivity index (χ4v) is 2.21. The van der Waals surface area contributed by atoms with Crippen LogP contribution in [0.3, 0.4) is 0 Å². The van der Waals surface area contributed by atoms with Crippen molar-refractivity contribution < 1.29 is 18.0 Å². The second-order valence-corrected chi connectivity index (χ2v) is 6.66. The van der Waals surface area contributed by atoms with Crippen LogP contribution in [0.25, 0.3) is 0 Å². The van der Waals surface area contributed by atoms with Gasteiger partial charge >= 0.3 is 6.18 Å². The van der Waals surface area contributed by atoms with E-state index in [1.54, 1.807) is 25.1 Å². The number of carbonyl (C=O) groups excluding carboxylic acids is 1. The molecule has 0 atom stereocenters. The zero-order valence-corrected chi connectivity index (χ0v) is 13.1. The summed E-state index contributed by atoms with van der Waals surface area (Å²) in [5.74, 6) is -0.570. The molecule has 0 unspecified atom stereocenters. The van der Waals surface area contributed by atoms with E-state index in [4.69, 9.17) is 0 Å². The van der Waals surface area contributed by atoms with E-state index in [9.17, 15) is 18.0 Å². The van der Waals surface area contributed by atoms with Gasteiger partial charge in [-0.05, 0) is 30.9 Å². The molecule has 1 aromatic carbocycles. The molecule has 0 radical (unpaired) electrons. The largest absolute Gasteiger partial charge is 0.406 e. The van der Waals surface area contributed by atoms with Gasteiger partial charge in [0.25, 0.3) is 5.91 Å². The first kappa shape index (κ1) is 17.5. The minimum absolute atomic E-state index is 0.0542. The lowest BCUT2D eigenvalue weighted by Crippen LogP contribution is -2.43. The highest BCUT2D eigenvalue weighted by Crippen LogP contribution is 2.24. The lowest BCUT2D eigenvalue weighted by molar-refractivity contribution is -0.142. The zero-order chi connectivity index (χ0) is 16.4. The Labute approximate surface area is 123 Å². The first-order valence-corrected chi connectivity index (χ1v) is 6.82. The third-order valence-electron chi connectivity index (χ3n) is 2.93. The number of alkyl halides is 3. The molecular weight excluding hydrogens is 279 g/mol. The molecule has 0 saturated carbocycles. The molecule has 0 heterocycles. The topological polar surface area (TPSA) is 20.3 Å². The molecule has 0 aliphatic heterocycles. The van der Waals surface area contributed by atoms with E-state index in [0.717, 1.165) is 10.5 Å². The van der Waals surface area contributed by atoms with Crippen molar-refractivity contribution in [3.63, 3.8) is 0 Å². The molecule has 0 spiro atoms. The molecule has 1 rings (SSSR count). The van der Waals surface area contributed by atoms with Gasteiger partial charge in [0.2, 0.25) is 0 Å². The van der Waals surface area contributed by atoms with Crippen LogP contribution >= 0.6 is 0 Å². The maximum Gasteiger partial charge on any atom is 0.406 e. The molecule has 5 heteroatoms. The van der Waals surface area contributed by atoms with Crippen LogP contribution in [0.4, 0.5) is 13.2 Å². The average molecular weight is 301 g/mol. The highest BCUT2D eigenvalue weighted by Gasteiger charge is 2.35. The molecule has 0 aliphatic rings. The van der Waals surface area contributed by atoms with Gasteiger partial charge in [0, 0.05) is 12.1 Å². The standard InChI is InChI=1S/C16H22F3NO/c1-11-6-7-13(12(2)8-11)14(21)20(9-15(3,4)5)10-16(17,18)19/h6-8H,9-10H2,1-5H3. The summed E-state index contributed by atoms with van der Waals surface area (Å²) < 4.78 is 38.2. The highest BCUT2D eigenvalue weighted by molar-refractivity contribution is 5.95. The number of amides is 1. The van der Waals surface area contributed by atoms with E-state index in [2.05, 4.69) is 0 Å². The first-order chi connectivity index (χ1) is 9.39. The number of hydrogen-bond donors (Lipinski definition) is 0. The summed E-state index contributed by atoms with van der Waals surface area (Å²) in [6.07, 6.45) is -4.40. The number of benzene rings is 1. The van der Waals surface area contributed by atoms with Gasteiger partial charge in [-0.2, -0.15) is 13.2 Å². The van der Waals surface area contributed by atoms with Gasteiger partial charge in [0.05, 0.1) is 0 Å². The minimum Gasteiger partial charge on any atom is -0.329 e. The lowest BCUT2D eigenvalue weighted by atomic mass is 9.95. The molecule has 0 aliphatic carbocycles. The summed E-state index contributed by atoms with van der Waals surface area (Å²) in [6.45, 7) is 7.88. The van der Waals surface area contributed by atoms with Crippen molar-refractivity contribution in [3.8, 4) is 0 Å². The average Bonchev–Trinajstić information content (AvgIpc) is 2.23. The quantitative estimate of drug-likeness (QED) is 0.812. The predicted octanol–water partition coefficient (Wildman–Crippen LogP) is 4.35. The maximum atomic E-state index is 12.7. The van der Waals surface area contributed by atoms with Crippen LogP contribution in [0, 0.1) is 19.3 Å². The normalized spacial score (nSPS) is 12.4. The Balaban J connectivity index is 3.09. The Hall–Kier alpha value is -1.52. The SMILES string of the molecule is Cc1ccc(C(=O)N(CC(C)(C)C)CC(F)(F)F)c(C)c1. The molecule has 0 fully saturated rings. The fourth-order valence-electron chi connectivity index (χ4n) is 2.21. The maximum absolute atomic E-state index is 12.7. The molecule has 21 heavy (non-hydrogen) atoms. The molecule has 0 aromatic heterocycles. The number of hydrogen-bond acceptors (Lipinski definition) is 1. The fraction of sp³-hybridized carbons (Fsp3) is 0.562. The van der Waals surface area contributed by atoms with Crippen molar-refractivity contribution in [3.05, 3.63) is 34.9 Å². The Morgan fingerprint density at radius 1 is 1.10 bits per heavy atom. The van der Waals surface area contributed by atoms with Gasteiger partial charge in [0.1, 0.15) is 6.54 Å². The van der Waals surface area contributed by atoms with Crippen molar-refractivity contribution in [1.82, 2.24) is 4.90 Å². The molecule has 0 bridgehead atoms. The number of aryl methyl sites for hydroxylation is 2. The molecule has 1 amide bonds. The van der Waals surface area contributed by atoms with Gasteiger partial charge in [-0.25, -0.2) is 0 Å². The van der Waals surface area contributed by atoms with Crippen LogP contribution in [0.15, 0.2) is 18.2 Å². The molecule has 0 N–H and O–H groups in total. The van der Waals surface area contributed by atoms with Gasteiger partial charge in [0.15, 0.2) is 0 Å². The van der Waals surface area contributed by atoms with Gasteiger partial charge < -0.3 is 4.90 Å². The third kappa shape index (κ3) is 5.78. The second-order valence-electron chi connectivity index (χ2n) is 6.66. The third-order valence-corrected chi connectivity index (χ3v) is 2.93. The second kappa shape index (κ2) is 6.08. The van der Waals surface area contributed by atoms with Gasteiger partial charge in [-0.3, -0.25) is 4.79 Å². The van der Waals surface area contributed by atoms with Crippen molar-refractivity contribution in [2.24, 2.45) is 5.41 Å². The monoisotopic (exact) mass is 301 g/mol. The van der Waals surface area contributed by atoms with E-state index in [1.165, 1.54) is 0 Å². The van der Waals surface area contributed by atoms with Gasteiger partial charge in [-0.1, -0.05) is 38.5 Å². The Bertz CT molecular complexity index is 499. The molecular formula is C16H22F3NO. The summed E-state index contributed by atoms with van der Waals surface area (Å²) in [4.78, 5) is 13.3. The summed E-state index contributed by atoms with van der Waals surface area (Å²) >= 11 is 0. The lowest BCUT2D eigenvalue weighted by Gasteiger charge is -2.31. The molecule has 2 nitrogen and oxygen atoms in total.